The molecule has 2 unspecified atom stereocenters. The van der Waals surface area contributed by atoms with E-state index in [0.29, 0.717) is 10.6 Å². The number of anilines is 1. The van der Waals surface area contributed by atoms with Crippen molar-refractivity contribution < 1.29 is 10.2 Å². The summed E-state index contributed by atoms with van der Waals surface area (Å²) in [7, 11) is 1.96. The molecule has 2 atom stereocenters. The van der Waals surface area contributed by atoms with Crippen LogP contribution >= 0.6 is 11.6 Å². The van der Waals surface area contributed by atoms with Gasteiger partial charge in [0.05, 0.1) is 12.1 Å². The SMILES string of the molecule is CC(O)c1ccc(N(C)C(C)c2cccc(Cl)c2)cc1O. The molecular formula is C17H20ClNO2. The lowest BCUT2D eigenvalue weighted by Crippen LogP contribution is -2.21. The number of halogens is 1. The van der Waals surface area contributed by atoms with Crippen molar-refractivity contribution >= 4 is 17.3 Å². The molecule has 21 heavy (non-hydrogen) atoms. The lowest BCUT2D eigenvalue weighted by Gasteiger charge is -2.28. The Labute approximate surface area is 130 Å². The van der Waals surface area contributed by atoms with Gasteiger partial charge in [-0.2, -0.15) is 0 Å². The molecule has 0 amide bonds. The first kappa shape index (κ1) is 15.7. The van der Waals surface area contributed by atoms with Crippen molar-refractivity contribution in [2.75, 3.05) is 11.9 Å². The summed E-state index contributed by atoms with van der Waals surface area (Å²) in [6.07, 6.45) is -0.685. The smallest absolute Gasteiger partial charge is 0.123 e. The second-order valence-electron chi connectivity index (χ2n) is 5.26. The van der Waals surface area contributed by atoms with Crippen molar-refractivity contribution in [3.63, 3.8) is 0 Å². The molecular weight excluding hydrogens is 286 g/mol. The topological polar surface area (TPSA) is 43.7 Å². The minimum Gasteiger partial charge on any atom is -0.507 e. The number of benzene rings is 2. The molecule has 2 aromatic rings. The van der Waals surface area contributed by atoms with Crippen LogP contribution in [0.25, 0.3) is 0 Å². The molecule has 0 spiro atoms. The summed E-state index contributed by atoms with van der Waals surface area (Å²) in [5.41, 5.74) is 2.51. The van der Waals surface area contributed by atoms with E-state index in [1.807, 2.05) is 37.4 Å². The van der Waals surface area contributed by atoms with Crippen molar-refractivity contribution in [1.29, 1.82) is 0 Å². The Hall–Kier alpha value is -1.71. The number of phenols is 1. The second kappa shape index (κ2) is 6.37. The van der Waals surface area contributed by atoms with E-state index in [9.17, 15) is 10.2 Å². The van der Waals surface area contributed by atoms with Gasteiger partial charge in [0.2, 0.25) is 0 Å². The Morgan fingerprint density at radius 1 is 1.10 bits per heavy atom. The van der Waals surface area contributed by atoms with Gasteiger partial charge in [-0.1, -0.05) is 29.8 Å². The van der Waals surface area contributed by atoms with E-state index in [2.05, 4.69) is 11.8 Å². The van der Waals surface area contributed by atoms with E-state index in [4.69, 9.17) is 11.6 Å². The Kier molecular flexibility index (Phi) is 4.76. The van der Waals surface area contributed by atoms with Crippen LogP contribution in [-0.2, 0) is 0 Å². The maximum atomic E-state index is 10.00. The summed E-state index contributed by atoms with van der Waals surface area (Å²) < 4.78 is 0. The summed E-state index contributed by atoms with van der Waals surface area (Å²) in [5, 5.41) is 20.3. The molecule has 0 heterocycles. The molecule has 0 aliphatic carbocycles. The molecule has 0 bridgehead atoms. The average Bonchev–Trinajstić information content (AvgIpc) is 2.45. The summed E-state index contributed by atoms with van der Waals surface area (Å²) in [6, 6.07) is 13.2. The molecule has 0 radical (unpaired) electrons. The number of aliphatic hydroxyl groups excluding tert-OH is 1. The number of aromatic hydroxyl groups is 1. The Balaban J connectivity index is 2.27. The highest BCUT2D eigenvalue weighted by atomic mass is 35.5. The van der Waals surface area contributed by atoms with Crippen LogP contribution in [0.3, 0.4) is 0 Å². The molecule has 0 fully saturated rings. The molecule has 0 aliphatic rings. The van der Waals surface area contributed by atoms with E-state index in [-0.39, 0.29) is 11.8 Å². The molecule has 112 valence electrons. The Bertz CT molecular complexity index is 628. The molecule has 0 aliphatic heterocycles. The molecule has 2 aromatic carbocycles. The predicted molar refractivity (Wildman–Crippen MR) is 87.0 cm³/mol. The van der Waals surface area contributed by atoms with Gasteiger partial charge in [-0.15, -0.1) is 0 Å². The molecule has 0 saturated carbocycles. The van der Waals surface area contributed by atoms with Crippen LogP contribution in [0, 0.1) is 0 Å². The zero-order valence-electron chi connectivity index (χ0n) is 12.4. The van der Waals surface area contributed by atoms with Crippen LogP contribution in [0.1, 0.15) is 37.1 Å². The first-order chi connectivity index (χ1) is 9.90. The number of phenolic OH excluding ortho intramolecular Hbond substituents is 1. The maximum absolute atomic E-state index is 10.00. The van der Waals surface area contributed by atoms with Crippen molar-refractivity contribution in [3.05, 3.63) is 58.6 Å². The maximum Gasteiger partial charge on any atom is 0.123 e. The number of aliphatic hydroxyl groups is 1. The van der Waals surface area contributed by atoms with E-state index < -0.39 is 6.10 Å². The van der Waals surface area contributed by atoms with E-state index in [1.54, 1.807) is 19.1 Å². The van der Waals surface area contributed by atoms with Crippen LogP contribution in [0.5, 0.6) is 5.75 Å². The molecule has 4 heteroatoms. The standard InChI is InChI=1S/C17H20ClNO2/c1-11(13-5-4-6-14(18)9-13)19(3)15-7-8-16(12(2)20)17(21)10-15/h4-12,20-21H,1-3H3. The van der Waals surface area contributed by atoms with Crippen molar-refractivity contribution in [3.8, 4) is 5.75 Å². The van der Waals surface area contributed by atoms with Gasteiger partial charge in [0.25, 0.3) is 0 Å². The normalized spacial score (nSPS) is 13.8. The van der Waals surface area contributed by atoms with Gasteiger partial charge in [-0.25, -0.2) is 0 Å². The largest absolute Gasteiger partial charge is 0.507 e. The van der Waals surface area contributed by atoms with Gasteiger partial charge in [-0.3, -0.25) is 0 Å². The molecule has 0 saturated heterocycles. The number of rotatable bonds is 4. The fourth-order valence-electron chi connectivity index (χ4n) is 2.32. The van der Waals surface area contributed by atoms with E-state index in [1.165, 1.54) is 0 Å². The summed E-state index contributed by atoms with van der Waals surface area (Å²) >= 11 is 6.03. The van der Waals surface area contributed by atoms with Crippen LogP contribution < -0.4 is 4.90 Å². The van der Waals surface area contributed by atoms with Crippen LogP contribution in [-0.4, -0.2) is 17.3 Å². The van der Waals surface area contributed by atoms with Crippen LogP contribution in [0.15, 0.2) is 42.5 Å². The third-order valence-corrected chi connectivity index (χ3v) is 4.02. The Morgan fingerprint density at radius 2 is 1.81 bits per heavy atom. The van der Waals surface area contributed by atoms with Gasteiger partial charge in [-0.05, 0) is 37.6 Å². The lowest BCUT2D eigenvalue weighted by atomic mass is 10.0. The highest BCUT2D eigenvalue weighted by Gasteiger charge is 2.15. The zero-order valence-corrected chi connectivity index (χ0v) is 13.2. The third-order valence-electron chi connectivity index (χ3n) is 3.78. The van der Waals surface area contributed by atoms with Gasteiger partial charge in [0.15, 0.2) is 0 Å². The number of hydrogen-bond acceptors (Lipinski definition) is 3. The van der Waals surface area contributed by atoms with Gasteiger partial charge < -0.3 is 15.1 Å². The minimum atomic E-state index is -0.685. The predicted octanol–water partition coefficient (Wildman–Crippen LogP) is 4.30. The number of hydrogen-bond donors (Lipinski definition) is 2. The molecule has 2 rings (SSSR count). The molecule has 2 N–H and O–H groups in total. The second-order valence-corrected chi connectivity index (χ2v) is 5.70. The first-order valence-corrected chi connectivity index (χ1v) is 7.27. The van der Waals surface area contributed by atoms with E-state index >= 15 is 0 Å². The summed E-state index contributed by atoms with van der Waals surface area (Å²) in [4.78, 5) is 2.05. The first-order valence-electron chi connectivity index (χ1n) is 6.89. The highest BCUT2D eigenvalue weighted by Crippen LogP contribution is 2.32. The van der Waals surface area contributed by atoms with Crippen molar-refractivity contribution in [1.82, 2.24) is 0 Å². The number of nitrogens with zero attached hydrogens (tertiary/aromatic N) is 1. The summed E-state index contributed by atoms with van der Waals surface area (Å²) in [6.45, 7) is 3.71. The van der Waals surface area contributed by atoms with Crippen LogP contribution in [0.4, 0.5) is 5.69 Å². The van der Waals surface area contributed by atoms with Gasteiger partial charge in [0.1, 0.15) is 5.75 Å². The van der Waals surface area contributed by atoms with Gasteiger partial charge >= 0.3 is 0 Å². The van der Waals surface area contributed by atoms with Crippen LogP contribution in [0.2, 0.25) is 5.02 Å². The van der Waals surface area contributed by atoms with Gasteiger partial charge in [0, 0.05) is 29.4 Å². The lowest BCUT2D eigenvalue weighted by molar-refractivity contribution is 0.195. The molecule has 0 aromatic heterocycles. The quantitative estimate of drug-likeness (QED) is 0.885. The van der Waals surface area contributed by atoms with Crippen molar-refractivity contribution in [2.45, 2.75) is 26.0 Å². The monoisotopic (exact) mass is 305 g/mol. The van der Waals surface area contributed by atoms with E-state index in [0.717, 1.165) is 11.3 Å². The molecule has 3 nitrogen and oxygen atoms in total. The average molecular weight is 306 g/mol. The van der Waals surface area contributed by atoms with Crippen molar-refractivity contribution in [2.24, 2.45) is 0 Å². The minimum absolute atomic E-state index is 0.104. The zero-order chi connectivity index (χ0) is 15.6. The Morgan fingerprint density at radius 3 is 2.38 bits per heavy atom. The fourth-order valence-corrected chi connectivity index (χ4v) is 2.52. The summed E-state index contributed by atoms with van der Waals surface area (Å²) in [5.74, 6) is 0.104. The fraction of sp³-hybridized carbons (Fsp3) is 0.294. The highest BCUT2D eigenvalue weighted by molar-refractivity contribution is 6.30. The third kappa shape index (κ3) is 3.49.